The van der Waals surface area contributed by atoms with E-state index in [2.05, 4.69) is 18.0 Å². The average Bonchev–Trinajstić information content (AvgIpc) is 1.83. The predicted octanol–water partition coefficient (Wildman–Crippen LogP) is 1.61. The minimum absolute atomic E-state index is 0.299. The quantitative estimate of drug-likeness (QED) is 0.342. The Bertz CT molecular complexity index is 78.6. The van der Waals surface area contributed by atoms with Crippen molar-refractivity contribution in [3.05, 3.63) is 25.3 Å². The van der Waals surface area contributed by atoms with Crippen LogP contribution in [0.15, 0.2) is 25.3 Å². The van der Waals surface area contributed by atoms with Gasteiger partial charge in [-0.15, -0.1) is 13.2 Å². The average molecular weight is 114 g/mol. The second-order valence-corrected chi connectivity index (χ2v) is 1.40. The van der Waals surface area contributed by atoms with Crippen molar-refractivity contribution in [2.75, 3.05) is 0 Å². The fourth-order valence-electron chi connectivity index (χ4n) is 0.347. The van der Waals surface area contributed by atoms with E-state index in [4.69, 9.17) is 5.26 Å². The largest absolute Gasteiger partial charge is 0.251 e. The van der Waals surface area contributed by atoms with Gasteiger partial charge in [0.05, 0.1) is 0 Å². The van der Waals surface area contributed by atoms with Gasteiger partial charge in [0.2, 0.25) is 0 Å². The van der Waals surface area contributed by atoms with Gasteiger partial charge in [0, 0.05) is 0 Å². The summed E-state index contributed by atoms with van der Waals surface area (Å²) in [5.41, 5.74) is 0. The smallest absolute Gasteiger partial charge is 0.114 e. The van der Waals surface area contributed by atoms with Crippen LogP contribution in [0.4, 0.5) is 0 Å². The van der Waals surface area contributed by atoms with Gasteiger partial charge in [-0.3, -0.25) is 5.26 Å². The highest BCUT2D eigenvalue weighted by Gasteiger charge is 1.96. The van der Waals surface area contributed by atoms with Crippen LogP contribution in [0.5, 0.6) is 0 Å². The Morgan fingerprint density at radius 1 is 1.62 bits per heavy atom. The molecule has 1 N–H and O–H groups in total. The van der Waals surface area contributed by atoms with Crippen LogP contribution >= 0.6 is 0 Å². The van der Waals surface area contributed by atoms with E-state index >= 15 is 0 Å². The summed E-state index contributed by atoms with van der Waals surface area (Å²) in [5.74, 6) is 0. The lowest BCUT2D eigenvalue weighted by atomic mass is 10.2. The molecule has 2 nitrogen and oxygen atoms in total. The molecule has 0 bridgehead atoms. The molecule has 0 fully saturated rings. The molecular formula is C6H10O2. The Balaban J connectivity index is 3.35. The normalized spacial score (nSPS) is 12.6. The van der Waals surface area contributed by atoms with Crippen LogP contribution in [0, 0.1) is 0 Å². The number of hydrogen-bond acceptors (Lipinski definition) is 2. The van der Waals surface area contributed by atoms with Crippen molar-refractivity contribution >= 4 is 0 Å². The molecule has 0 aromatic rings. The van der Waals surface area contributed by atoms with Gasteiger partial charge in [0.15, 0.2) is 0 Å². The van der Waals surface area contributed by atoms with Gasteiger partial charge < -0.3 is 0 Å². The van der Waals surface area contributed by atoms with Crippen molar-refractivity contribution in [2.45, 2.75) is 12.5 Å². The second-order valence-electron chi connectivity index (χ2n) is 1.40. The Labute approximate surface area is 49.0 Å². The van der Waals surface area contributed by atoms with Crippen molar-refractivity contribution in [2.24, 2.45) is 0 Å². The third kappa shape index (κ3) is 2.55. The zero-order valence-electron chi connectivity index (χ0n) is 4.71. The minimum atomic E-state index is -0.299. The van der Waals surface area contributed by atoms with Crippen molar-refractivity contribution < 1.29 is 10.1 Å². The standard InChI is InChI=1S/C6H10O2/c1-3-5-6(4-2)8-7/h3-4,6-7H,1-2,5H2. The van der Waals surface area contributed by atoms with Gasteiger partial charge in [-0.25, -0.2) is 4.89 Å². The molecule has 46 valence electrons. The molecule has 0 saturated heterocycles. The fraction of sp³-hybridized carbons (Fsp3) is 0.333. The molecule has 0 rings (SSSR count). The fourth-order valence-corrected chi connectivity index (χ4v) is 0.347. The second kappa shape index (κ2) is 4.56. The van der Waals surface area contributed by atoms with Gasteiger partial charge in [-0.1, -0.05) is 12.2 Å². The van der Waals surface area contributed by atoms with Crippen LogP contribution in [0.1, 0.15) is 6.42 Å². The minimum Gasteiger partial charge on any atom is -0.251 e. The summed E-state index contributed by atoms with van der Waals surface area (Å²) in [6.07, 6.45) is 3.47. The zero-order chi connectivity index (χ0) is 6.41. The van der Waals surface area contributed by atoms with E-state index in [9.17, 15) is 0 Å². The summed E-state index contributed by atoms with van der Waals surface area (Å²) >= 11 is 0. The molecule has 0 radical (unpaired) electrons. The first-order chi connectivity index (χ1) is 3.85. The maximum absolute atomic E-state index is 8.04. The molecule has 0 amide bonds. The SMILES string of the molecule is C=CCC(C=C)OO. The lowest BCUT2D eigenvalue weighted by Crippen LogP contribution is -2.03. The van der Waals surface area contributed by atoms with Crippen molar-refractivity contribution in [1.29, 1.82) is 0 Å². The van der Waals surface area contributed by atoms with Crippen LogP contribution in [0.3, 0.4) is 0 Å². The predicted molar refractivity (Wildman–Crippen MR) is 32.5 cm³/mol. The monoisotopic (exact) mass is 114 g/mol. The summed E-state index contributed by atoms with van der Waals surface area (Å²) in [7, 11) is 0. The van der Waals surface area contributed by atoms with E-state index in [1.807, 2.05) is 0 Å². The first kappa shape index (κ1) is 7.40. The molecule has 8 heavy (non-hydrogen) atoms. The van der Waals surface area contributed by atoms with E-state index in [0.29, 0.717) is 6.42 Å². The number of hydrogen-bond donors (Lipinski definition) is 1. The van der Waals surface area contributed by atoms with Gasteiger partial charge >= 0.3 is 0 Å². The highest BCUT2D eigenvalue weighted by molar-refractivity contribution is 4.85. The zero-order valence-corrected chi connectivity index (χ0v) is 4.71. The van der Waals surface area contributed by atoms with Crippen molar-refractivity contribution in [3.8, 4) is 0 Å². The van der Waals surface area contributed by atoms with Crippen LogP contribution in [-0.2, 0) is 4.89 Å². The molecule has 0 aliphatic heterocycles. The molecule has 0 aliphatic rings. The summed E-state index contributed by atoms with van der Waals surface area (Å²) in [4.78, 5) is 3.95. The van der Waals surface area contributed by atoms with Crippen LogP contribution in [0.25, 0.3) is 0 Å². The molecule has 0 saturated carbocycles. The molecule has 0 heterocycles. The van der Waals surface area contributed by atoms with E-state index in [-0.39, 0.29) is 6.10 Å². The van der Waals surface area contributed by atoms with E-state index in [1.165, 1.54) is 6.08 Å². The Hall–Kier alpha value is -0.600. The Morgan fingerprint density at radius 3 is 2.38 bits per heavy atom. The third-order valence-electron chi connectivity index (χ3n) is 0.797. The third-order valence-corrected chi connectivity index (χ3v) is 0.797. The maximum Gasteiger partial charge on any atom is 0.114 e. The van der Waals surface area contributed by atoms with E-state index in [0.717, 1.165) is 0 Å². The molecule has 0 spiro atoms. The summed E-state index contributed by atoms with van der Waals surface area (Å²) in [6, 6.07) is 0. The van der Waals surface area contributed by atoms with Crippen LogP contribution < -0.4 is 0 Å². The lowest BCUT2D eigenvalue weighted by molar-refractivity contribution is -0.264. The first-order valence-corrected chi connectivity index (χ1v) is 2.38. The summed E-state index contributed by atoms with van der Waals surface area (Å²) in [6.45, 7) is 6.88. The van der Waals surface area contributed by atoms with E-state index in [1.54, 1.807) is 6.08 Å². The van der Waals surface area contributed by atoms with Gasteiger partial charge in [-0.05, 0) is 6.42 Å². The highest BCUT2D eigenvalue weighted by Crippen LogP contribution is 1.96. The van der Waals surface area contributed by atoms with Crippen molar-refractivity contribution in [3.63, 3.8) is 0 Å². The highest BCUT2D eigenvalue weighted by atomic mass is 17.1. The summed E-state index contributed by atoms with van der Waals surface area (Å²) < 4.78 is 0. The molecule has 0 aliphatic carbocycles. The lowest BCUT2D eigenvalue weighted by Gasteiger charge is -2.01. The van der Waals surface area contributed by atoms with Gasteiger partial charge in [-0.2, -0.15) is 0 Å². The number of rotatable bonds is 4. The molecule has 1 atom stereocenters. The van der Waals surface area contributed by atoms with Gasteiger partial charge in [0.25, 0.3) is 0 Å². The molecule has 1 unspecified atom stereocenters. The maximum atomic E-state index is 8.04. The van der Waals surface area contributed by atoms with E-state index < -0.39 is 0 Å². The molecule has 0 aromatic heterocycles. The Kier molecular flexibility index (Phi) is 4.21. The first-order valence-electron chi connectivity index (χ1n) is 2.38. The summed E-state index contributed by atoms with van der Waals surface area (Å²) in [5, 5.41) is 8.04. The van der Waals surface area contributed by atoms with Gasteiger partial charge in [0.1, 0.15) is 6.10 Å². The molecule has 2 heteroatoms. The van der Waals surface area contributed by atoms with Crippen LogP contribution in [-0.4, -0.2) is 11.4 Å². The Morgan fingerprint density at radius 2 is 2.25 bits per heavy atom. The van der Waals surface area contributed by atoms with Crippen molar-refractivity contribution in [1.82, 2.24) is 0 Å². The molecular weight excluding hydrogens is 104 g/mol. The van der Waals surface area contributed by atoms with Crippen LogP contribution in [0.2, 0.25) is 0 Å². The topological polar surface area (TPSA) is 29.5 Å². The molecule has 0 aromatic carbocycles.